The van der Waals surface area contributed by atoms with Gasteiger partial charge in [-0.05, 0) is 99.8 Å². The molecule has 0 saturated heterocycles. The summed E-state index contributed by atoms with van der Waals surface area (Å²) in [6.07, 6.45) is 0.694. The second-order valence-corrected chi connectivity index (χ2v) is 11.2. The van der Waals surface area contributed by atoms with Crippen molar-refractivity contribution in [2.75, 3.05) is 11.9 Å². The zero-order chi connectivity index (χ0) is 31.6. The van der Waals surface area contributed by atoms with Crippen molar-refractivity contribution in [1.82, 2.24) is 5.43 Å². The molecule has 0 radical (unpaired) electrons. The lowest BCUT2D eigenvalue weighted by Gasteiger charge is -2.13. The van der Waals surface area contributed by atoms with E-state index in [1.807, 2.05) is 57.2 Å². The molecule has 3 aromatic carbocycles. The predicted octanol–water partition coefficient (Wildman–Crippen LogP) is 6.60. The van der Waals surface area contributed by atoms with Crippen LogP contribution in [0.4, 0.5) is 5.00 Å². The Kier molecular flexibility index (Phi) is 10.9. The van der Waals surface area contributed by atoms with Gasteiger partial charge in [0.05, 0.1) is 18.4 Å². The number of carbonyl (C=O) groups is 3. The third kappa shape index (κ3) is 8.54. The molecule has 4 aromatic rings. The number of hydrogen-bond acceptors (Lipinski definition) is 8. The molecule has 1 unspecified atom stereocenters. The Morgan fingerprint density at radius 3 is 2.23 bits per heavy atom. The quantitative estimate of drug-likeness (QED) is 0.106. The number of nitrogens with one attached hydrogen (secondary N) is 2. The molecule has 0 aliphatic rings. The first kappa shape index (κ1) is 32.0. The number of hydrogen-bond donors (Lipinski definition) is 2. The maximum atomic E-state index is 12.9. The molecule has 0 aliphatic heterocycles. The summed E-state index contributed by atoms with van der Waals surface area (Å²) >= 11 is 1.32. The Morgan fingerprint density at radius 1 is 0.909 bits per heavy atom. The predicted molar refractivity (Wildman–Crippen MR) is 172 cm³/mol. The molecule has 228 valence electrons. The molecule has 2 N–H and O–H groups in total. The summed E-state index contributed by atoms with van der Waals surface area (Å²) in [7, 11) is 0. The molecule has 10 heteroatoms. The van der Waals surface area contributed by atoms with Gasteiger partial charge >= 0.3 is 5.97 Å². The first-order valence-electron chi connectivity index (χ1n) is 14.1. The third-order valence-electron chi connectivity index (χ3n) is 6.69. The summed E-state index contributed by atoms with van der Waals surface area (Å²) < 4.78 is 16.7. The van der Waals surface area contributed by atoms with E-state index in [-0.39, 0.29) is 12.5 Å². The first-order valence-corrected chi connectivity index (χ1v) is 14.9. The normalized spacial score (nSPS) is 11.6. The van der Waals surface area contributed by atoms with Gasteiger partial charge in [-0.15, -0.1) is 11.3 Å². The molecule has 0 aliphatic carbocycles. The smallest absolute Gasteiger partial charge is 0.341 e. The fourth-order valence-electron chi connectivity index (χ4n) is 4.04. The van der Waals surface area contributed by atoms with Crippen LogP contribution >= 0.6 is 11.3 Å². The molecule has 0 spiro atoms. The van der Waals surface area contributed by atoms with Crippen molar-refractivity contribution >= 4 is 40.3 Å². The number of esters is 1. The van der Waals surface area contributed by atoms with E-state index in [0.717, 1.165) is 27.3 Å². The van der Waals surface area contributed by atoms with Gasteiger partial charge in [-0.2, -0.15) is 5.10 Å². The summed E-state index contributed by atoms with van der Waals surface area (Å²) in [5.41, 5.74) is 7.07. The fourth-order valence-corrected chi connectivity index (χ4v) is 5.09. The standard InChI is InChI=1S/C34H35N3O6S/c1-6-41-34(40)30-22(3)24(5)44-33(30)36-32(39)27-13-17-29(18-14-27)43-23(4)31(38)37-35-19-25-11-15-28(16-12-25)42-20-26-9-7-21(2)8-10-26/h7-19,23H,6,20H2,1-5H3,(H,36,39)(H,37,38). The van der Waals surface area contributed by atoms with Crippen molar-refractivity contribution in [1.29, 1.82) is 0 Å². The zero-order valence-electron chi connectivity index (χ0n) is 25.3. The molecular weight excluding hydrogens is 578 g/mol. The Hall–Kier alpha value is -4.96. The van der Waals surface area contributed by atoms with E-state index in [1.54, 1.807) is 38.1 Å². The number of hydrazone groups is 1. The lowest BCUT2D eigenvalue weighted by molar-refractivity contribution is -0.127. The van der Waals surface area contributed by atoms with Crippen LogP contribution in [0.3, 0.4) is 0 Å². The van der Waals surface area contributed by atoms with Crippen molar-refractivity contribution in [2.45, 2.75) is 47.3 Å². The van der Waals surface area contributed by atoms with Gasteiger partial charge in [0, 0.05) is 10.4 Å². The average molecular weight is 614 g/mol. The second-order valence-electron chi connectivity index (χ2n) is 10.0. The molecular formula is C34H35N3O6S. The van der Waals surface area contributed by atoms with Crippen molar-refractivity contribution in [3.05, 3.63) is 111 Å². The van der Waals surface area contributed by atoms with E-state index >= 15 is 0 Å². The second kappa shape index (κ2) is 15.0. The highest BCUT2D eigenvalue weighted by Crippen LogP contribution is 2.33. The molecule has 1 aromatic heterocycles. The molecule has 0 bridgehead atoms. The number of rotatable bonds is 12. The van der Waals surface area contributed by atoms with Crippen molar-refractivity contribution in [3.63, 3.8) is 0 Å². The molecule has 2 amide bonds. The number of thiophene rings is 1. The Balaban J connectivity index is 1.25. The van der Waals surface area contributed by atoms with Crippen LogP contribution < -0.4 is 20.2 Å². The fraction of sp³-hybridized carbons (Fsp3) is 0.235. The summed E-state index contributed by atoms with van der Waals surface area (Å²) in [5.74, 6) is -0.146. The van der Waals surface area contributed by atoms with Crippen molar-refractivity contribution in [3.8, 4) is 11.5 Å². The number of benzene rings is 3. The molecule has 44 heavy (non-hydrogen) atoms. The minimum atomic E-state index is -0.839. The highest BCUT2D eigenvalue weighted by Gasteiger charge is 2.22. The van der Waals surface area contributed by atoms with Crippen LogP contribution in [0, 0.1) is 20.8 Å². The Morgan fingerprint density at radius 2 is 1.57 bits per heavy atom. The molecule has 1 heterocycles. The Bertz CT molecular complexity index is 1630. The molecule has 1 atom stereocenters. The number of anilines is 1. The topological polar surface area (TPSA) is 115 Å². The van der Waals surface area contributed by atoms with Crippen LogP contribution in [-0.4, -0.2) is 36.7 Å². The van der Waals surface area contributed by atoms with Gasteiger partial charge in [0.1, 0.15) is 23.1 Å². The maximum Gasteiger partial charge on any atom is 0.341 e. The number of ether oxygens (including phenoxy) is 3. The summed E-state index contributed by atoms with van der Waals surface area (Å²) in [5, 5.41) is 7.27. The first-order chi connectivity index (χ1) is 21.1. The van der Waals surface area contributed by atoms with Crippen LogP contribution in [0.1, 0.15) is 61.7 Å². The van der Waals surface area contributed by atoms with Gasteiger partial charge in [-0.1, -0.05) is 29.8 Å². The van der Waals surface area contributed by atoms with Gasteiger partial charge in [-0.25, -0.2) is 10.2 Å². The third-order valence-corrected chi connectivity index (χ3v) is 7.81. The summed E-state index contributed by atoms with van der Waals surface area (Å²) in [4.78, 5) is 38.7. The number of nitrogens with zero attached hydrogens (tertiary/aromatic N) is 1. The van der Waals surface area contributed by atoms with Crippen molar-refractivity contribution in [2.24, 2.45) is 5.10 Å². The lowest BCUT2D eigenvalue weighted by atomic mass is 10.1. The average Bonchev–Trinajstić information content (AvgIpc) is 3.29. The highest BCUT2D eigenvalue weighted by molar-refractivity contribution is 7.16. The van der Waals surface area contributed by atoms with Gasteiger partial charge in [0.15, 0.2) is 6.10 Å². The maximum absolute atomic E-state index is 12.9. The lowest BCUT2D eigenvalue weighted by Crippen LogP contribution is -2.33. The molecule has 0 saturated carbocycles. The molecule has 4 rings (SSSR count). The number of aryl methyl sites for hydroxylation is 2. The van der Waals surface area contributed by atoms with E-state index in [1.165, 1.54) is 23.1 Å². The molecule has 9 nitrogen and oxygen atoms in total. The van der Waals surface area contributed by atoms with E-state index in [9.17, 15) is 14.4 Å². The van der Waals surface area contributed by atoms with E-state index < -0.39 is 18.0 Å². The zero-order valence-corrected chi connectivity index (χ0v) is 26.1. The van der Waals surface area contributed by atoms with E-state index in [2.05, 4.69) is 28.0 Å². The van der Waals surface area contributed by atoms with Gasteiger partial charge in [-0.3, -0.25) is 9.59 Å². The van der Waals surface area contributed by atoms with Crippen LogP contribution in [0.5, 0.6) is 11.5 Å². The van der Waals surface area contributed by atoms with Crippen LogP contribution in [0.2, 0.25) is 0 Å². The van der Waals surface area contributed by atoms with Gasteiger partial charge in [0.25, 0.3) is 11.8 Å². The van der Waals surface area contributed by atoms with Crippen LogP contribution in [0.15, 0.2) is 77.9 Å². The largest absolute Gasteiger partial charge is 0.489 e. The minimum absolute atomic E-state index is 0.240. The number of carbonyl (C=O) groups excluding carboxylic acids is 3. The minimum Gasteiger partial charge on any atom is -0.489 e. The van der Waals surface area contributed by atoms with Crippen LogP contribution in [0.25, 0.3) is 0 Å². The van der Waals surface area contributed by atoms with Gasteiger partial charge in [0.2, 0.25) is 0 Å². The Labute approximate surface area is 260 Å². The SMILES string of the molecule is CCOC(=O)c1c(NC(=O)c2ccc(OC(C)C(=O)NN=Cc3ccc(OCc4ccc(C)cc4)cc3)cc2)sc(C)c1C. The van der Waals surface area contributed by atoms with Crippen LogP contribution in [-0.2, 0) is 16.1 Å². The van der Waals surface area contributed by atoms with E-state index in [4.69, 9.17) is 14.2 Å². The van der Waals surface area contributed by atoms with Gasteiger partial charge < -0.3 is 19.5 Å². The number of amides is 2. The van der Waals surface area contributed by atoms with E-state index in [0.29, 0.717) is 28.5 Å². The monoisotopic (exact) mass is 613 g/mol. The summed E-state index contributed by atoms with van der Waals surface area (Å²) in [6.45, 7) is 9.80. The highest BCUT2D eigenvalue weighted by atomic mass is 32.1. The summed E-state index contributed by atoms with van der Waals surface area (Å²) in [6, 6.07) is 21.9. The van der Waals surface area contributed by atoms with Crippen molar-refractivity contribution < 1.29 is 28.6 Å². The molecule has 0 fully saturated rings.